The Bertz CT molecular complexity index is 985. The van der Waals surface area contributed by atoms with Gasteiger partial charge in [0.05, 0.1) is 18.9 Å². The van der Waals surface area contributed by atoms with Crippen molar-refractivity contribution in [1.82, 2.24) is 10.2 Å². The fourth-order valence-corrected chi connectivity index (χ4v) is 3.21. The van der Waals surface area contributed by atoms with Crippen LogP contribution in [0.2, 0.25) is 0 Å². The molecule has 3 aromatic rings. The van der Waals surface area contributed by atoms with Crippen LogP contribution in [0.15, 0.2) is 60.7 Å². The van der Waals surface area contributed by atoms with E-state index in [0.717, 1.165) is 41.4 Å². The molecule has 0 radical (unpaired) electrons. The number of ether oxygens (including phenoxy) is 1. The fraction of sp³-hybridized carbons (Fsp3) is 0.227. The van der Waals surface area contributed by atoms with Crippen LogP contribution in [0.25, 0.3) is 11.3 Å². The van der Waals surface area contributed by atoms with Crippen molar-refractivity contribution in [1.29, 1.82) is 0 Å². The third kappa shape index (κ3) is 4.89. The molecule has 2 aromatic carbocycles. The molecule has 0 saturated carbocycles. The van der Waals surface area contributed by atoms with Gasteiger partial charge in [-0.1, -0.05) is 24.3 Å². The highest BCUT2D eigenvalue weighted by molar-refractivity contribution is 6.00. The molecule has 1 aliphatic heterocycles. The average Bonchev–Trinajstić information content (AvgIpc) is 2.75. The van der Waals surface area contributed by atoms with Gasteiger partial charge in [-0.25, -0.2) is 4.79 Å². The Labute approximate surface area is 169 Å². The second kappa shape index (κ2) is 8.70. The molecule has 148 valence electrons. The molecule has 0 bridgehead atoms. The highest BCUT2D eigenvalue weighted by Crippen LogP contribution is 2.22. The summed E-state index contributed by atoms with van der Waals surface area (Å²) in [6.07, 6.45) is 0. The van der Waals surface area contributed by atoms with Crippen molar-refractivity contribution in [2.24, 2.45) is 0 Å². The van der Waals surface area contributed by atoms with Crippen molar-refractivity contribution in [3.8, 4) is 11.3 Å². The summed E-state index contributed by atoms with van der Waals surface area (Å²) >= 11 is 0. The van der Waals surface area contributed by atoms with Gasteiger partial charge in [0.1, 0.15) is 0 Å². The summed E-state index contributed by atoms with van der Waals surface area (Å²) in [5, 5.41) is 14.4. The van der Waals surface area contributed by atoms with Crippen LogP contribution < -0.4 is 15.5 Å². The number of hydrogen-bond acceptors (Lipinski definition) is 5. The summed E-state index contributed by atoms with van der Waals surface area (Å²) in [5.74, 6) is 0.851. The maximum atomic E-state index is 12.3. The van der Waals surface area contributed by atoms with E-state index in [1.165, 1.54) is 0 Å². The Balaban J connectivity index is 1.43. The van der Waals surface area contributed by atoms with Crippen molar-refractivity contribution in [3.63, 3.8) is 0 Å². The molecule has 7 heteroatoms. The van der Waals surface area contributed by atoms with Gasteiger partial charge in [-0.2, -0.15) is 0 Å². The molecule has 29 heavy (non-hydrogen) atoms. The summed E-state index contributed by atoms with van der Waals surface area (Å²) in [5.41, 5.74) is 4.17. The van der Waals surface area contributed by atoms with Crippen molar-refractivity contribution in [2.75, 3.05) is 41.8 Å². The minimum atomic E-state index is -0.290. The zero-order valence-electron chi connectivity index (χ0n) is 16.3. The Hall–Kier alpha value is -3.45. The topological polar surface area (TPSA) is 79.4 Å². The van der Waals surface area contributed by atoms with Gasteiger partial charge in [0, 0.05) is 30.0 Å². The number of carbonyl (C=O) groups is 1. The van der Waals surface area contributed by atoms with Gasteiger partial charge >= 0.3 is 6.03 Å². The molecule has 1 aliphatic rings. The predicted molar refractivity (Wildman–Crippen MR) is 114 cm³/mol. The molecule has 0 atom stereocenters. The van der Waals surface area contributed by atoms with E-state index in [2.05, 4.69) is 25.7 Å². The molecule has 2 amide bonds. The Kier molecular flexibility index (Phi) is 5.67. The molecular weight excluding hydrogens is 366 g/mol. The first-order valence-corrected chi connectivity index (χ1v) is 9.59. The number of morpholine rings is 1. The normalized spacial score (nSPS) is 13.8. The summed E-state index contributed by atoms with van der Waals surface area (Å²) < 4.78 is 5.37. The van der Waals surface area contributed by atoms with E-state index in [0.29, 0.717) is 18.9 Å². The molecule has 0 aliphatic carbocycles. The van der Waals surface area contributed by atoms with Gasteiger partial charge in [-0.15, -0.1) is 10.2 Å². The van der Waals surface area contributed by atoms with Crippen molar-refractivity contribution in [2.45, 2.75) is 6.92 Å². The molecule has 0 spiro atoms. The summed E-state index contributed by atoms with van der Waals surface area (Å²) in [6.45, 7) is 5.05. The number of aryl methyl sites for hydroxylation is 1. The molecule has 1 fully saturated rings. The Morgan fingerprint density at radius 2 is 1.66 bits per heavy atom. The quantitative estimate of drug-likeness (QED) is 0.707. The first kappa shape index (κ1) is 18.9. The van der Waals surface area contributed by atoms with Crippen LogP contribution in [0.5, 0.6) is 0 Å². The van der Waals surface area contributed by atoms with E-state index < -0.39 is 0 Å². The van der Waals surface area contributed by atoms with Crippen molar-refractivity contribution in [3.05, 3.63) is 66.2 Å². The van der Waals surface area contributed by atoms with Crippen LogP contribution in [0.3, 0.4) is 0 Å². The van der Waals surface area contributed by atoms with E-state index in [1.807, 2.05) is 67.6 Å². The molecule has 4 rings (SSSR count). The van der Waals surface area contributed by atoms with Crippen LogP contribution in [0.1, 0.15) is 5.56 Å². The SMILES string of the molecule is Cc1cccc(NC(=O)Nc2cccc(-c3ccc(N4CCOCC4)nn3)c2)c1. The van der Waals surface area contributed by atoms with Crippen molar-refractivity contribution < 1.29 is 9.53 Å². The number of nitrogens with one attached hydrogen (secondary N) is 2. The summed E-state index contributed by atoms with van der Waals surface area (Å²) in [4.78, 5) is 14.5. The zero-order valence-corrected chi connectivity index (χ0v) is 16.3. The first-order chi connectivity index (χ1) is 14.2. The lowest BCUT2D eigenvalue weighted by atomic mass is 10.1. The second-order valence-electron chi connectivity index (χ2n) is 6.91. The number of rotatable bonds is 4. The molecule has 0 unspecified atom stereocenters. The lowest BCUT2D eigenvalue weighted by molar-refractivity contribution is 0.122. The van der Waals surface area contributed by atoms with E-state index in [1.54, 1.807) is 0 Å². The lowest BCUT2D eigenvalue weighted by Crippen LogP contribution is -2.36. The van der Waals surface area contributed by atoms with Gasteiger partial charge in [0.2, 0.25) is 0 Å². The number of anilines is 3. The predicted octanol–water partition coefficient (Wildman–Crippen LogP) is 3.93. The third-order valence-electron chi connectivity index (χ3n) is 4.68. The van der Waals surface area contributed by atoms with Gasteiger partial charge in [-0.3, -0.25) is 0 Å². The zero-order chi connectivity index (χ0) is 20.1. The van der Waals surface area contributed by atoms with Gasteiger partial charge in [0.15, 0.2) is 5.82 Å². The number of nitrogens with zero attached hydrogens (tertiary/aromatic N) is 3. The van der Waals surface area contributed by atoms with E-state index in [4.69, 9.17) is 4.74 Å². The lowest BCUT2D eigenvalue weighted by Gasteiger charge is -2.27. The number of benzene rings is 2. The molecular formula is C22H23N5O2. The number of aromatic nitrogens is 2. The molecule has 2 heterocycles. The van der Waals surface area contributed by atoms with E-state index in [-0.39, 0.29) is 6.03 Å². The maximum absolute atomic E-state index is 12.3. The third-order valence-corrected chi connectivity index (χ3v) is 4.68. The standard InChI is InChI=1S/C22H23N5O2/c1-16-4-2-6-18(14-16)23-22(28)24-19-7-3-5-17(15-19)20-8-9-21(26-25-20)27-10-12-29-13-11-27/h2-9,14-15H,10-13H2,1H3,(H2,23,24,28). The van der Waals surface area contributed by atoms with Crippen LogP contribution in [-0.2, 0) is 4.74 Å². The minimum absolute atomic E-state index is 0.290. The number of amides is 2. The summed E-state index contributed by atoms with van der Waals surface area (Å²) in [6, 6.07) is 18.8. The number of hydrogen-bond donors (Lipinski definition) is 2. The van der Waals surface area contributed by atoms with E-state index in [9.17, 15) is 4.79 Å². The van der Waals surface area contributed by atoms with Gasteiger partial charge in [-0.05, 0) is 48.9 Å². The van der Waals surface area contributed by atoms with E-state index >= 15 is 0 Å². The van der Waals surface area contributed by atoms with Crippen LogP contribution in [0, 0.1) is 6.92 Å². The maximum Gasteiger partial charge on any atom is 0.323 e. The number of urea groups is 1. The first-order valence-electron chi connectivity index (χ1n) is 9.59. The highest BCUT2D eigenvalue weighted by Gasteiger charge is 2.13. The smallest absolute Gasteiger partial charge is 0.323 e. The van der Waals surface area contributed by atoms with Crippen LogP contribution >= 0.6 is 0 Å². The van der Waals surface area contributed by atoms with Gasteiger partial charge in [0.25, 0.3) is 0 Å². The molecule has 1 aromatic heterocycles. The van der Waals surface area contributed by atoms with Gasteiger partial charge < -0.3 is 20.3 Å². The van der Waals surface area contributed by atoms with Crippen LogP contribution in [-0.4, -0.2) is 42.5 Å². The number of carbonyl (C=O) groups excluding carboxylic acids is 1. The molecule has 7 nitrogen and oxygen atoms in total. The second-order valence-corrected chi connectivity index (χ2v) is 6.91. The Morgan fingerprint density at radius 1 is 0.931 bits per heavy atom. The minimum Gasteiger partial charge on any atom is -0.378 e. The van der Waals surface area contributed by atoms with Crippen LogP contribution in [0.4, 0.5) is 22.0 Å². The summed E-state index contributed by atoms with van der Waals surface area (Å²) in [7, 11) is 0. The van der Waals surface area contributed by atoms with Crippen molar-refractivity contribution >= 4 is 23.2 Å². The molecule has 2 N–H and O–H groups in total. The fourth-order valence-electron chi connectivity index (χ4n) is 3.21. The Morgan fingerprint density at radius 3 is 2.34 bits per heavy atom. The average molecular weight is 389 g/mol. The molecule has 1 saturated heterocycles. The largest absolute Gasteiger partial charge is 0.378 e. The highest BCUT2D eigenvalue weighted by atomic mass is 16.5. The monoisotopic (exact) mass is 389 g/mol.